The Bertz CT molecular complexity index is 5250. The fourth-order valence-electron chi connectivity index (χ4n) is 12.1. The summed E-state index contributed by atoms with van der Waals surface area (Å²) in [6, 6.07) is 91.9. The van der Waals surface area contributed by atoms with Crippen LogP contribution in [-0.4, -0.2) is 55.0 Å². The van der Waals surface area contributed by atoms with Crippen molar-refractivity contribution in [2.45, 2.75) is 33.9 Å². The van der Waals surface area contributed by atoms with Crippen LogP contribution in [0.1, 0.15) is 39.7 Å². The summed E-state index contributed by atoms with van der Waals surface area (Å²) < 4.78 is 16.3. The van der Waals surface area contributed by atoms with Crippen LogP contribution < -0.4 is 0 Å². The molecule has 11 nitrogen and oxygen atoms in total. The molecule has 10 aromatic carbocycles. The summed E-state index contributed by atoms with van der Waals surface area (Å²) in [4.78, 5) is 14.1. The third kappa shape index (κ3) is 14.0. The Kier molecular flexibility index (Phi) is 22.3. The number of nitrogens with zero attached hydrogens (tertiary/aromatic N) is 10. The molecule has 0 fully saturated rings. The van der Waals surface area contributed by atoms with Gasteiger partial charge in [0.2, 0.25) is 11.4 Å². The summed E-state index contributed by atoms with van der Waals surface area (Å²) in [7, 11) is 1.91. The van der Waals surface area contributed by atoms with Crippen molar-refractivity contribution >= 4 is 66.9 Å². The maximum Gasteiger partial charge on any atom is 0.256 e. The van der Waals surface area contributed by atoms with Crippen molar-refractivity contribution in [2.75, 3.05) is 0 Å². The Morgan fingerprint density at radius 1 is 0.537 bits per heavy atom. The fraction of sp³-hybridized carbons (Fsp3) is 0.0750. The first-order valence-electron chi connectivity index (χ1n) is 30.1. The number of imidazole rings is 2. The predicted octanol–water partition coefficient (Wildman–Crippen LogP) is 17.8. The van der Waals surface area contributed by atoms with Crippen LogP contribution in [-0.2, 0) is 87.5 Å². The standard InChI is InChI=1S/C23H18N2.C22H15N2O.C16H11N2.C10H9N2.C9H7N2.4Ir/c1-15-8-7-9-16(2)22(15)21-14-24-23-19-12-4-3-10-17(19)18-11-5-6-13-20(18)25(21)23;1-15-7-2-4-11-19(15)24-14-13-23-22(24)18-10-6-9-17-16-8-3-5-12-20(16)25-21(17)18;1-11-10-18-15-9-5-4-7-13(15)12-6-2-3-8-14(12)16(18)17-11;1-12-8-7-10(11-12)9-5-3-2-4-6-9;1-2-5-9(6-3-1)11-8-4-7-10-11;;;;/h3-11,13-14,23H,1-2H3;2-9,11-14H,1H3;2-7,9-10H,1H3;2-5,7-8H,1H3;1-5,7-8H;;;;/q;4*-1;;;;. The van der Waals surface area contributed by atoms with E-state index in [9.17, 15) is 0 Å². The Labute approximate surface area is 606 Å². The molecule has 0 amide bonds. The summed E-state index contributed by atoms with van der Waals surface area (Å²) in [5.74, 6) is 0.832. The van der Waals surface area contributed by atoms with Gasteiger partial charge in [0.15, 0.2) is 0 Å². The van der Waals surface area contributed by atoms with Crippen LogP contribution in [0.3, 0.4) is 0 Å². The number of furan rings is 1. The minimum Gasteiger partial charge on any atom is -0.501 e. The molecule has 1 atom stereocenters. The van der Waals surface area contributed by atoms with Crippen LogP contribution in [0.15, 0.2) is 271 Å². The molecule has 0 N–H and O–H groups in total. The molecule has 15 heteroatoms. The first kappa shape index (κ1) is 68.6. The summed E-state index contributed by atoms with van der Waals surface area (Å²) in [6.45, 7) is 8.47. The van der Waals surface area contributed by atoms with Crippen molar-refractivity contribution in [2.24, 2.45) is 12.0 Å². The Morgan fingerprint density at radius 3 is 2.00 bits per heavy atom. The number of aliphatic imine (C=N–C) groups is 1. The number of aromatic nitrogens is 8. The Hall–Kier alpha value is -9.22. The second-order valence-corrected chi connectivity index (χ2v) is 22.2. The molecular weight excluding hydrogens is 1890 g/mol. The number of benzene rings is 10. The van der Waals surface area contributed by atoms with Gasteiger partial charge in [0, 0.05) is 159 Å². The van der Waals surface area contributed by atoms with Gasteiger partial charge in [-0.3, -0.25) is 19.3 Å². The Balaban J connectivity index is 0.000000132. The summed E-state index contributed by atoms with van der Waals surface area (Å²) in [6.07, 6.45) is 13.5. The van der Waals surface area contributed by atoms with Crippen molar-refractivity contribution in [3.63, 3.8) is 0 Å². The molecule has 16 aromatic rings. The molecule has 0 aliphatic carbocycles. The van der Waals surface area contributed by atoms with Gasteiger partial charge in [-0.1, -0.05) is 119 Å². The zero-order chi connectivity index (χ0) is 61.8. The van der Waals surface area contributed by atoms with E-state index in [1.807, 2.05) is 166 Å². The molecule has 6 aromatic heterocycles. The van der Waals surface area contributed by atoms with Crippen molar-refractivity contribution < 1.29 is 89.4 Å². The van der Waals surface area contributed by atoms with Gasteiger partial charge in [0.1, 0.15) is 11.8 Å². The van der Waals surface area contributed by atoms with Crippen LogP contribution in [0.25, 0.3) is 94.4 Å². The second-order valence-electron chi connectivity index (χ2n) is 22.2. The molecule has 0 saturated carbocycles. The normalized spacial score (nSPS) is 12.2. The number of rotatable bonds is 5. The van der Waals surface area contributed by atoms with Gasteiger partial charge < -0.3 is 13.4 Å². The molecule has 476 valence electrons. The molecular formula is C80H60Ir4N10O-4. The number of fused-ring (bicyclic) bond motifs is 15. The maximum absolute atomic E-state index is 6.14. The van der Waals surface area contributed by atoms with Gasteiger partial charge in [-0.2, -0.15) is 58.2 Å². The monoisotopic (exact) mass is 1950 g/mol. The predicted molar refractivity (Wildman–Crippen MR) is 365 cm³/mol. The van der Waals surface area contributed by atoms with Crippen LogP contribution in [0, 0.1) is 58.0 Å². The maximum atomic E-state index is 6.14. The topological polar surface area (TPSA) is 99.3 Å². The van der Waals surface area contributed by atoms with E-state index in [1.54, 1.807) is 15.6 Å². The van der Waals surface area contributed by atoms with Gasteiger partial charge in [-0.15, -0.1) is 95.4 Å². The minimum atomic E-state index is -0.0277. The van der Waals surface area contributed by atoms with Crippen molar-refractivity contribution in [1.29, 1.82) is 0 Å². The van der Waals surface area contributed by atoms with E-state index in [0.717, 1.165) is 78.2 Å². The van der Waals surface area contributed by atoms with Gasteiger partial charge in [0.25, 0.3) is 6.17 Å². The number of aryl methyl sites for hydroxylation is 5. The van der Waals surface area contributed by atoms with E-state index < -0.39 is 0 Å². The van der Waals surface area contributed by atoms with Crippen LogP contribution in [0.5, 0.6) is 0 Å². The van der Waals surface area contributed by atoms with Crippen LogP contribution in [0.2, 0.25) is 0 Å². The SMILES string of the molecule is Cc1cccc(C)c1C1=[N+]2c3ccccc3-c3ccc[c-]c3C2N=C1.Cc1ccccc1-n1ccnc1-c1[c-]ccc2c1oc1ccccc12.Cc1cn2c3ccccc3c3ccc[c-]c3c2n1.Cn1ccc(-c2[c-]cccc2)n1.[Ir].[Ir].[Ir].[Ir].[c-]1ccccc1-n1cccn1. The quantitative estimate of drug-likeness (QED) is 0.0971. The van der Waals surface area contributed by atoms with E-state index in [0.29, 0.717) is 0 Å². The van der Waals surface area contributed by atoms with E-state index in [2.05, 4.69) is 194 Å². The number of hydrogen-bond acceptors (Lipinski definition) is 6. The third-order valence-corrected chi connectivity index (χ3v) is 16.3. The largest absolute Gasteiger partial charge is 0.501 e. The molecule has 95 heavy (non-hydrogen) atoms. The first-order chi connectivity index (χ1) is 44.8. The molecule has 2 aliphatic rings. The molecule has 0 saturated heterocycles. The Morgan fingerprint density at radius 2 is 1.23 bits per heavy atom. The molecule has 18 rings (SSSR count). The molecule has 8 heterocycles. The van der Waals surface area contributed by atoms with Gasteiger partial charge in [0.05, 0.1) is 22.6 Å². The zero-order valence-electron chi connectivity index (χ0n) is 52.2. The van der Waals surface area contributed by atoms with Crippen LogP contribution >= 0.6 is 0 Å². The van der Waals surface area contributed by atoms with Crippen molar-refractivity contribution in [3.05, 3.63) is 325 Å². The first-order valence-corrected chi connectivity index (χ1v) is 30.1. The molecule has 4 radical (unpaired) electrons. The molecule has 2 aliphatic heterocycles. The summed E-state index contributed by atoms with van der Waals surface area (Å²) >= 11 is 0. The summed E-state index contributed by atoms with van der Waals surface area (Å²) in [5.41, 5.74) is 20.9. The van der Waals surface area contributed by atoms with E-state index in [-0.39, 0.29) is 86.6 Å². The van der Waals surface area contributed by atoms with Crippen molar-refractivity contribution in [1.82, 2.24) is 38.5 Å². The average molecular weight is 1950 g/mol. The molecule has 1 unspecified atom stereocenters. The number of para-hydroxylation sites is 5. The second kappa shape index (κ2) is 30.9. The van der Waals surface area contributed by atoms with Crippen molar-refractivity contribution in [3.8, 4) is 45.1 Å². The molecule has 0 spiro atoms. The van der Waals surface area contributed by atoms with Gasteiger partial charge in [-0.25, -0.2) is 10.1 Å². The fourth-order valence-corrected chi connectivity index (χ4v) is 12.1. The van der Waals surface area contributed by atoms with E-state index in [1.165, 1.54) is 61.1 Å². The average Bonchev–Trinajstić information content (AvgIpc) is 1.64. The molecule has 0 bridgehead atoms. The third-order valence-electron chi connectivity index (χ3n) is 16.3. The minimum absolute atomic E-state index is 0. The smallest absolute Gasteiger partial charge is 0.256 e. The van der Waals surface area contributed by atoms with E-state index in [4.69, 9.17) is 9.41 Å². The summed E-state index contributed by atoms with van der Waals surface area (Å²) in [5, 5.41) is 14.1. The van der Waals surface area contributed by atoms with Gasteiger partial charge >= 0.3 is 0 Å². The number of hydrogen-bond donors (Lipinski definition) is 0. The van der Waals surface area contributed by atoms with E-state index >= 15 is 0 Å². The number of pyridine rings is 1. The zero-order valence-corrected chi connectivity index (χ0v) is 61.8. The van der Waals surface area contributed by atoms with Crippen LogP contribution in [0.4, 0.5) is 5.69 Å². The van der Waals surface area contributed by atoms with Gasteiger partial charge in [-0.05, 0) is 85.3 Å².